The van der Waals surface area contributed by atoms with Crippen LogP contribution in [0.1, 0.15) is 18.4 Å². The number of benzene rings is 1. The lowest BCUT2D eigenvalue weighted by molar-refractivity contribution is -0.119. The zero-order valence-corrected chi connectivity index (χ0v) is 10.7. The number of rotatable bonds is 3. The molecular formula is C12H14BrNO2. The van der Waals surface area contributed by atoms with E-state index in [9.17, 15) is 4.79 Å². The highest BCUT2D eigenvalue weighted by atomic mass is 79.9. The first-order chi connectivity index (χ1) is 7.69. The van der Waals surface area contributed by atoms with E-state index >= 15 is 0 Å². The third-order valence-electron chi connectivity index (χ3n) is 2.78. The fourth-order valence-electron chi connectivity index (χ4n) is 1.95. The molecule has 1 atom stereocenters. The Hall–Kier alpha value is -1.03. The minimum atomic E-state index is 0.164. The lowest BCUT2D eigenvalue weighted by Gasteiger charge is -2.11. The lowest BCUT2D eigenvalue weighted by Crippen LogP contribution is -2.27. The Morgan fingerprint density at radius 2 is 2.38 bits per heavy atom. The van der Waals surface area contributed by atoms with Crippen LogP contribution < -0.4 is 10.1 Å². The molecule has 1 heterocycles. The van der Waals surface area contributed by atoms with Gasteiger partial charge in [0.1, 0.15) is 5.75 Å². The molecule has 86 valence electrons. The predicted octanol–water partition coefficient (Wildman–Crippen LogP) is 2.28. The molecule has 2 rings (SSSR count). The summed E-state index contributed by atoms with van der Waals surface area (Å²) in [5, 5.41) is 2.96. The number of carbonyl (C=O) groups excluding carboxylic acids is 1. The molecule has 1 N–H and O–H groups in total. The average molecular weight is 284 g/mol. The van der Waals surface area contributed by atoms with E-state index in [-0.39, 0.29) is 11.9 Å². The Labute approximate surface area is 103 Å². The SMILES string of the molecule is COc1ccc(CC2CCC(=O)N2)cc1Br. The summed E-state index contributed by atoms with van der Waals surface area (Å²) in [5.41, 5.74) is 1.21. The van der Waals surface area contributed by atoms with E-state index in [1.54, 1.807) is 7.11 Å². The van der Waals surface area contributed by atoms with Gasteiger partial charge < -0.3 is 10.1 Å². The molecule has 3 nitrogen and oxygen atoms in total. The predicted molar refractivity (Wildman–Crippen MR) is 65.6 cm³/mol. The van der Waals surface area contributed by atoms with Crippen LogP contribution in [-0.4, -0.2) is 19.1 Å². The van der Waals surface area contributed by atoms with Crippen LogP contribution >= 0.6 is 15.9 Å². The second-order valence-corrected chi connectivity index (χ2v) is 4.83. The summed E-state index contributed by atoms with van der Waals surface area (Å²) in [6.07, 6.45) is 2.47. The normalized spacial score (nSPS) is 19.6. The molecule has 0 bridgehead atoms. The number of hydrogen-bond donors (Lipinski definition) is 1. The number of ether oxygens (including phenoxy) is 1. The first kappa shape index (κ1) is 11.5. The zero-order valence-electron chi connectivity index (χ0n) is 9.13. The highest BCUT2D eigenvalue weighted by molar-refractivity contribution is 9.10. The van der Waals surface area contributed by atoms with Gasteiger partial charge in [-0.3, -0.25) is 4.79 Å². The first-order valence-electron chi connectivity index (χ1n) is 5.31. The van der Waals surface area contributed by atoms with Crippen molar-refractivity contribution in [3.63, 3.8) is 0 Å². The Morgan fingerprint density at radius 3 is 2.94 bits per heavy atom. The smallest absolute Gasteiger partial charge is 0.220 e. The van der Waals surface area contributed by atoms with Crippen LogP contribution in [0.2, 0.25) is 0 Å². The molecule has 0 radical (unpaired) electrons. The molecule has 1 fully saturated rings. The third kappa shape index (κ3) is 2.55. The van der Waals surface area contributed by atoms with E-state index in [4.69, 9.17) is 4.74 Å². The number of carbonyl (C=O) groups is 1. The number of halogens is 1. The highest BCUT2D eigenvalue weighted by Crippen LogP contribution is 2.26. The van der Waals surface area contributed by atoms with E-state index < -0.39 is 0 Å². The molecular weight excluding hydrogens is 270 g/mol. The summed E-state index contributed by atoms with van der Waals surface area (Å²) in [7, 11) is 1.65. The fraction of sp³-hybridized carbons (Fsp3) is 0.417. The van der Waals surface area contributed by atoms with Crippen LogP contribution in [0.3, 0.4) is 0 Å². The summed E-state index contributed by atoms with van der Waals surface area (Å²) < 4.78 is 6.13. The van der Waals surface area contributed by atoms with Crippen molar-refractivity contribution in [1.82, 2.24) is 5.32 Å². The minimum absolute atomic E-state index is 0.164. The topological polar surface area (TPSA) is 38.3 Å². The van der Waals surface area contributed by atoms with Gasteiger partial charge in [-0.25, -0.2) is 0 Å². The average Bonchev–Trinajstić information content (AvgIpc) is 2.64. The summed E-state index contributed by atoms with van der Waals surface area (Å²) >= 11 is 3.46. The molecule has 1 amide bonds. The largest absolute Gasteiger partial charge is 0.496 e. The molecule has 1 aromatic rings. The molecule has 1 unspecified atom stereocenters. The zero-order chi connectivity index (χ0) is 11.5. The van der Waals surface area contributed by atoms with Gasteiger partial charge in [0.05, 0.1) is 11.6 Å². The van der Waals surface area contributed by atoms with Gasteiger partial charge in [0.25, 0.3) is 0 Å². The van der Waals surface area contributed by atoms with Crippen molar-refractivity contribution in [3.05, 3.63) is 28.2 Å². The first-order valence-corrected chi connectivity index (χ1v) is 6.10. The molecule has 1 saturated heterocycles. The molecule has 4 heteroatoms. The molecule has 0 saturated carbocycles. The maximum Gasteiger partial charge on any atom is 0.220 e. The maximum absolute atomic E-state index is 11.1. The summed E-state index contributed by atoms with van der Waals surface area (Å²) in [4.78, 5) is 11.1. The number of methoxy groups -OCH3 is 1. The molecule has 16 heavy (non-hydrogen) atoms. The number of amides is 1. The second-order valence-electron chi connectivity index (χ2n) is 3.98. The van der Waals surface area contributed by atoms with Gasteiger partial charge in [-0.15, -0.1) is 0 Å². The van der Waals surface area contributed by atoms with E-state index in [1.165, 1.54) is 5.56 Å². The fourth-order valence-corrected chi connectivity index (χ4v) is 2.54. The van der Waals surface area contributed by atoms with E-state index in [2.05, 4.69) is 21.2 Å². The maximum atomic E-state index is 11.1. The number of hydrogen-bond acceptors (Lipinski definition) is 2. The van der Waals surface area contributed by atoms with Crippen molar-refractivity contribution in [2.75, 3.05) is 7.11 Å². The monoisotopic (exact) mass is 283 g/mol. The lowest BCUT2D eigenvalue weighted by atomic mass is 10.0. The summed E-state index contributed by atoms with van der Waals surface area (Å²) in [5.74, 6) is 0.997. The summed E-state index contributed by atoms with van der Waals surface area (Å²) in [6.45, 7) is 0. The Kier molecular flexibility index (Phi) is 3.49. The molecule has 0 aliphatic carbocycles. The van der Waals surface area contributed by atoms with Crippen LogP contribution in [0, 0.1) is 0 Å². The van der Waals surface area contributed by atoms with Crippen molar-refractivity contribution < 1.29 is 9.53 Å². The molecule has 1 aliphatic rings. The van der Waals surface area contributed by atoms with Gasteiger partial charge >= 0.3 is 0 Å². The van der Waals surface area contributed by atoms with Crippen LogP contribution in [0.25, 0.3) is 0 Å². The Bertz CT molecular complexity index is 406. The van der Waals surface area contributed by atoms with Crippen LogP contribution in [0.4, 0.5) is 0 Å². The van der Waals surface area contributed by atoms with Crippen LogP contribution in [0.15, 0.2) is 22.7 Å². The van der Waals surface area contributed by atoms with Crippen molar-refractivity contribution in [3.8, 4) is 5.75 Å². The highest BCUT2D eigenvalue weighted by Gasteiger charge is 2.20. The van der Waals surface area contributed by atoms with E-state index in [0.717, 1.165) is 23.1 Å². The molecule has 0 aromatic heterocycles. The van der Waals surface area contributed by atoms with Crippen LogP contribution in [-0.2, 0) is 11.2 Å². The molecule has 0 spiro atoms. The number of nitrogens with one attached hydrogen (secondary N) is 1. The third-order valence-corrected chi connectivity index (χ3v) is 3.40. The van der Waals surface area contributed by atoms with Crippen molar-refractivity contribution in [2.45, 2.75) is 25.3 Å². The van der Waals surface area contributed by atoms with Gasteiger partial charge in [-0.1, -0.05) is 6.07 Å². The minimum Gasteiger partial charge on any atom is -0.496 e. The van der Waals surface area contributed by atoms with Gasteiger partial charge in [-0.2, -0.15) is 0 Å². The summed E-state index contributed by atoms with van der Waals surface area (Å²) in [6, 6.07) is 6.31. The Balaban J connectivity index is 2.04. The van der Waals surface area contributed by atoms with Crippen molar-refractivity contribution in [1.29, 1.82) is 0 Å². The van der Waals surface area contributed by atoms with E-state index in [1.807, 2.05) is 18.2 Å². The van der Waals surface area contributed by atoms with Crippen LogP contribution in [0.5, 0.6) is 5.75 Å². The quantitative estimate of drug-likeness (QED) is 0.924. The van der Waals surface area contributed by atoms with Gasteiger partial charge in [-0.05, 0) is 46.5 Å². The van der Waals surface area contributed by atoms with Gasteiger partial charge in [0.15, 0.2) is 0 Å². The standard InChI is InChI=1S/C12H14BrNO2/c1-16-11-4-2-8(7-10(11)13)6-9-3-5-12(15)14-9/h2,4,7,9H,3,5-6H2,1H3,(H,14,15). The van der Waals surface area contributed by atoms with E-state index in [0.29, 0.717) is 6.42 Å². The van der Waals surface area contributed by atoms with Gasteiger partial charge in [0.2, 0.25) is 5.91 Å². The molecule has 1 aliphatic heterocycles. The van der Waals surface area contributed by atoms with Crippen molar-refractivity contribution in [2.24, 2.45) is 0 Å². The Morgan fingerprint density at radius 1 is 1.56 bits per heavy atom. The molecule has 1 aromatic carbocycles. The van der Waals surface area contributed by atoms with Crippen molar-refractivity contribution >= 4 is 21.8 Å². The second kappa shape index (κ2) is 4.87. The van der Waals surface area contributed by atoms with Gasteiger partial charge in [0, 0.05) is 12.5 Å².